The molecule has 2 amide bonds. The van der Waals surface area contributed by atoms with Crippen LogP contribution in [-0.2, 0) is 16.0 Å². The predicted molar refractivity (Wildman–Crippen MR) is 106 cm³/mol. The fraction of sp³-hybridized carbons (Fsp3) is 0.318. The maximum atomic E-state index is 12.3. The van der Waals surface area contributed by atoms with Crippen LogP contribution in [0.2, 0.25) is 0 Å². The van der Waals surface area contributed by atoms with Gasteiger partial charge in [0.1, 0.15) is 0 Å². The normalized spacial score (nSPS) is 10.2. The fourth-order valence-corrected chi connectivity index (χ4v) is 3.05. The highest BCUT2D eigenvalue weighted by atomic mass is 16.2. The molecule has 0 aliphatic carbocycles. The molecule has 140 valence electrons. The summed E-state index contributed by atoms with van der Waals surface area (Å²) in [6.07, 6.45) is 0.894. The third kappa shape index (κ3) is 5.68. The Morgan fingerprint density at radius 1 is 1.07 bits per heavy atom. The van der Waals surface area contributed by atoms with E-state index in [1.807, 2.05) is 45.0 Å². The Balaban J connectivity index is 1.88. The highest BCUT2D eigenvalue weighted by Gasteiger charge is 2.14. The van der Waals surface area contributed by atoms with Crippen molar-refractivity contribution in [2.45, 2.75) is 33.6 Å². The van der Waals surface area contributed by atoms with Gasteiger partial charge in [0.15, 0.2) is 0 Å². The Bertz CT molecular complexity index is 856. The van der Waals surface area contributed by atoms with Gasteiger partial charge >= 0.3 is 0 Å². The molecular weight excluding hydrogens is 338 g/mol. The number of hydrogen-bond acceptors (Lipinski definition) is 3. The number of benzene rings is 2. The summed E-state index contributed by atoms with van der Waals surface area (Å²) < 4.78 is 0. The van der Waals surface area contributed by atoms with Gasteiger partial charge in [-0.05, 0) is 56.0 Å². The topological polar surface area (TPSA) is 73.2 Å². The molecule has 0 aromatic heterocycles. The highest BCUT2D eigenvalue weighted by Crippen LogP contribution is 2.21. The Hall–Kier alpha value is -3.13. The van der Waals surface area contributed by atoms with Gasteiger partial charge in [0.2, 0.25) is 11.8 Å². The van der Waals surface area contributed by atoms with E-state index in [9.17, 15) is 9.59 Å². The molecule has 2 aromatic carbocycles. The lowest BCUT2D eigenvalue weighted by molar-refractivity contribution is -0.133. The molecule has 0 aliphatic heterocycles. The van der Waals surface area contributed by atoms with Gasteiger partial charge in [-0.25, -0.2) is 0 Å². The lowest BCUT2D eigenvalue weighted by Crippen LogP contribution is -2.35. The van der Waals surface area contributed by atoms with E-state index in [2.05, 4.69) is 11.4 Å². The van der Waals surface area contributed by atoms with Gasteiger partial charge in [-0.1, -0.05) is 29.8 Å². The van der Waals surface area contributed by atoms with Crippen molar-refractivity contribution in [3.63, 3.8) is 0 Å². The molecule has 0 atom stereocenters. The van der Waals surface area contributed by atoms with Crippen molar-refractivity contribution >= 4 is 17.5 Å². The summed E-state index contributed by atoms with van der Waals surface area (Å²) in [6, 6.07) is 13.3. The van der Waals surface area contributed by atoms with Crippen molar-refractivity contribution < 1.29 is 9.59 Å². The average molecular weight is 363 g/mol. The van der Waals surface area contributed by atoms with Crippen molar-refractivity contribution in [2.75, 3.05) is 18.9 Å². The summed E-state index contributed by atoms with van der Waals surface area (Å²) in [4.78, 5) is 26.1. The van der Waals surface area contributed by atoms with Crippen LogP contribution in [0.25, 0.3) is 0 Å². The number of anilines is 1. The molecule has 0 saturated heterocycles. The number of nitriles is 1. The smallest absolute Gasteiger partial charge is 0.243 e. The fourth-order valence-electron chi connectivity index (χ4n) is 3.05. The summed E-state index contributed by atoms with van der Waals surface area (Å²) in [5.41, 5.74) is 5.57. The van der Waals surface area contributed by atoms with Gasteiger partial charge in [0.25, 0.3) is 0 Å². The van der Waals surface area contributed by atoms with E-state index in [1.165, 1.54) is 4.90 Å². The predicted octanol–water partition coefficient (Wildman–Crippen LogP) is 3.51. The summed E-state index contributed by atoms with van der Waals surface area (Å²) >= 11 is 0. The third-order valence-corrected chi connectivity index (χ3v) is 4.46. The first-order valence-electron chi connectivity index (χ1n) is 8.91. The third-order valence-electron chi connectivity index (χ3n) is 4.46. The number of carbonyl (C=O) groups is 2. The number of hydrogen-bond donors (Lipinski definition) is 1. The Morgan fingerprint density at radius 3 is 2.22 bits per heavy atom. The molecule has 0 aliphatic rings. The van der Waals surface area contributed by atoms with Crippen LogP contribution >= 0.6 is 0 Å². The van der Waals surface area contributed by atoms with Crippen LogP contribution in [-0.4, -0.2) is 30.3 Å². The van der Waals surface area contributed by atoms with Crippen molar-refractivity contribution in [2.24, 2.45) is 0 Å². The van der Waals surface area contributed by atoms with Gasteiger partial charge in [0, 0.05) is 19.2 Å². The van der Waals surface area contributed by atoms with Gasteiger partial charge < -0.3 is 10.2 Å². The second-order valence-corrected chi connectivity index (χ2v) is 6.88. The first-order chi connectivity index (χ1) is 12.8. The van der Waals surface area contributed by atoms with Gasteiger partial charge in [-0.15, -0.1) is 0 Å². The summed E-state index contributed by atoms with van der Waals surface area (Å²) in [5.74, 6) is -0.300. The molecule has 0 heterocycles. The largest absolute Gasteiger partial charge is 0.336 e. The van der Waals surface area contributed by atoms with Crippen LogP contribution in [0.4, 0.5) is 5.69 Å². The quantitative estimate of drug-likeness (QED) is 0.853. The van der Waals surface area contributed by atoms with Crippen LogP contribution in [0.1, 0.15) is 34.2 Å². The van der Waals surface area contributed by atoms with E-state index in [1.54, 1.807) is 19.2 Å². The lowest BCUT2D eigenvalue weighted by atomic mass is 10.1. The van der Waals surface area contributed by atoms with E-state index in [0.717, 1.165) is 27.9 Å². The lowest BCUT2D eigenvalue weighted by Gasteiger charge is -2.18. The maximum absolute atomic E-state index is 12.3. The standard InChI is InChI=1S/C22H25N3O2/c1-15-11-16(2)22(17(3)12-15)24-20(26)14-25(4)21(27)10-9-18-5-7-19(13-23)8-6-18/h5-8,11-12H,9-10,14H2,1-4H3,(H,24,26). The zero-order chi connectivity index (χ0) is 20.0. The van der Waals surface area contributed by atoms with Crippen LogP contribution in [0.3, 0.4) is 0 Å². The number of nitrogens with zero attached hydrogens (tertiary/aromatic N) is 2. The number of nitrogens with one attached hydrogen (secondary N) is 1. The Kier molecular flexibility index (Phi) is 6.73. The molecule has 2 aromatic rings. The number of amides is 2. The van der Waals surface area contributed by atoms with Crippen LogP contribution in [0.5, 0.6) is 0 Å². The van der Waals surface area contributed by atoms with E-state index in [0.29, 0.717) is 18.4 Å². The molecule has 0 radical (unpaired) electrons. The van der Waals surface area contributed by atoms with Crippen molar-refractivity contribution in [1.82, 2.24) is 4.90 Å². The average Bonchev–Trinajstić information content (AvgIpc) is 2.63. The number of carbonyl (C=O) groups excluding carboxylic acids is 2. The van der Waals surface area contributed by atoms with Crippen LogP contribution in [0, 0.1) is 32.1 Å². The molecule has 0 spiro atoms. The first-order valence-corrected chi connectivity index (χ1v) is 8.91. The van der Waals surface area contributed by atoms with E-state index in [-0.39, 0.29) is 18.4 Å². The molecule has 1 N–H and O–H groups in total. The summed E-state index contributed by atoms with van der Waals surface area (Å²) in [5, 5.41) is 11.7. The molecule has 0 bridgehead atoms. The molecule has 5 nitrogen and oxygen atoms in total. The van der Waals surface area contributed by atoms with E-state index >= 15 is 0 Å². The zero-order valence-corrected chi connectivity index (χ0v) is 16.3. The molecule has 0 saturated carbocycles. The van der Waals surface area contributed by atoms with Crippen molar-refractivity contribution in [3.05, 3.63) is 64.2 Å². The maximum Gasteiger partial charge on any atom is 0.243 e. The summed E-state index contributed by atoms with van der Waals surface area (Å²) in [6.45, 7) is 5.95. The molecule has 27 heavy (non-hydrogen) atoms. The van der Waals surface area contributed by atoms with Gasteiger partial charge in [-0.2, -0.15) is 5.26 Å². The number of rotatable bonds is 6. The minimum absolute atomic E-state index is 0.0129. The SMILES string of the molecule is Cc1cc(C)c(NC(=O)CN(C)C(=O)CCc2ccc(C#N)cc2)c(C)c1. The molecule has 2 rings (SSSR count). The molecule has 5 heteroatoms. The van der Waals surface area contributed by atoms with Crippen LogP contribution in [0.15, 0.2) is 36.4 Å². The Labute approximate surface area is 160 Å². The van der Waals surface area contributed by atoms with E-state index in [4.69, 9.17) is 5.26 Å². The molecule has 0 fully saturated rings. The monoisotopic (exact) mass is 363 g/mol. The Morgan fingerprint density at radius 2 is 1.67 bits per heavy atom. The molecular formula is C22H25N3O2. The minimum atomic E-state index is -0.209. The minimum Gasteiger partial charge on any atom is -0.336 e. The zero-order valence-electron chi connectivity index (χ0n) is 16.3. The van der Waals surface area contributed by atoms with Gasteiger partial charge in [-0.3, -0.25) is 9.59 Å². The van der Waals surface area contributed by atoms with E-state index < -0.39 is 0 Å². The second kappa shape index (κ2) is 9.00. The van der Waals surface area contributed by atoms with Crippen molar-refractivity contribution in [3.8, 4) is 6.07 Å². The van der Waals surface area contributed by atoms with Gasteiger partial charge in [0.05, 0.1) is 18.2 Å². The highest BCUT2D eigenvalue weighted by molar-refractivity contribution is 5.95. The summed E-state index contributed by atoms with van der Waals surface area (Å²) in [7, 11) is 1.63. The number of likely N-dealkylation sites (N-methyl/N-ethyl adjacent to an activating group) is 1. The van der Waals surface area contributed by atoms with Crippen molar-refractivity contribution in [1.29, 1.82) is 5.26 Å². The van der Waals surface area contributed by atoms with Crippen LogP contribution < -0.4 is 5.32 Å². The second-order valence-electron chi connectivity index (χ2n) is 6.88. The number of aryl methyl sites for hydroxylation is 4. The first kappa shape index (κ1) is 20.2. The molecule has 0 unspecified atom stereocenters.